The van der Waals surface area contributed by atoms with Crippen molar-refractivity contribution in [3.05, 3.63) is 23.8 Å². The maximum Gasteiger partial charge on any atom is 1.00 e. The number of sulfonamides is 1. The fourth-order valence-electron chi connectivity index (χ4n) is 1.06. The number of nitrogens with zero attached hydrogens (tertiary/aromatic N) is 1. The number of benzene rings is 1. The molecular weight excluding hydrogens is 291 g/mol. The molecule has 0 saturated heterocycles. The largest absolute Gasteiger partial charge is 1.00 e. The van der Waals surface area contributed by atoms with E-state index in [2.05, 4.69) is 0 Å². The van der Waals surface area contributed by atoms with E-state index in [1.807, 2.05) is 4.72 Å². The Labute approximate surface area is 127 Å². The summed E-state index contributed by atoms with van der Waals surface area (Å²) in [6.45, 7) is 0. The number of rotatable bonds is 3. The van der Waals surface area contributed by atoms with Gasteiger partial charge in [0, 0.05) is 0 Å². The smallest absolute Gasteiger partial charge is 0.744 e. The zero-order valence-electron chi connectivity index (χ0n) is 9.54. The molecule has 0 amide bonds. The quantitative estimate of drug-likeness (QED) is 0.463. The zero-order chi connectivity index (χ0) is 13.3. The Hall–Kier alpha value is -0.630. The molecule has 0 aliphatic carbocycles. The van der Waals surface area contributed by atoms with Crippen molar-refractivity contribution in [1.82, 2.24) is 0 Å². The third-order valence-corrected chi connectivity index (χ3v) is 3.12. The molecule has 7 nitrogen and oxygen atoms in total. The third kappa shape index (κ3) is 4.93. The maximum absolute atomic E-state index is 11.0. The molecule has 0 aliphatic rings. The first kappa shape index (κ1) is 17.4. The molecule has 0 fully saturated rings. The van der Waals surface area contributed by atoms with Crippen LogP contribution in [-0.2, 0) is 20.1 Å². The Morgan fingerprint density at radius 2 is 1.83 bits per heavy atom. The van der Waals surface area contributed by atoms with Gasteiger partial charge in [0.25, 0.3) is 0 Å². The predicted octanol–water partition coefficient (Wildman–Crippen LogP) is -3.16. The van der Waals surface area contributed by atoms with Crippen molar-refractivity contribution in [3.63, 3.8) is 0 Å². The minimum absolute atomic E-state index is 0. The van der Waals surface area contributed by atoms with E-state index in [1.165, 1.54) is 0 Å². The van der Waals surface area contributed by atoms with Crippen LogP contribution in [0.4, 0.5) is 5.69 Å². The minimum Gasteiger partial charge on any atom is -0.744 e. The molecule has 0 aliphatic heterocycles. The third-order valence-electron chi connectivity index (χ3n) is 1.70. The first-order valence-electron chi connectivity index (χ1n) is 4.11. The maximum atomic E-state index is 11.0. The molecule has 0 aromatic heterocycles. The summed E-state index contributed by atoms with van der Waals surface area (Å²) >= 11 is 0. The van der Waals surface area contributed by atoms with Crippen LogP contribution in [0.25, 0.3) is 0 Å². The molecule has 0 saturated carbocycles. The van der Waals surface area contributed by atoms with Crippen LogP contribution in [0.1, 0.15) is 5.56 Å². The van der Waals surface area contributed by atoms with Crippen LogP contribution in [0.2, 0.25) is 0 Å². The van der Waals surface area contributed by atoms with Crippen LogP contribution in [0.3, 0.4) is 0 Å². The van der Waals surface area contributed by atoms with E-state index in [-0.39, 0.29) is 40.8 Å². The van der Waals surface area contributed by atoms with E-state index in [1.54, 1.807) is 6.07 Å². The van der Waals surface area contributed by atoms with Gasteiger partial charge in [-0.15, -0.1) is 0 Å². The number of hydrogen-bond donors (Lipinski definition) is 1. The van der Waals surface area contributed by atoms with E-state index < -0.39 is 25.0 Å². The average molecular weight is 298 g/mol. The minimum atomic E-state index is -4.67. The van der Waals surface area contributed by atoms with Gasteiger partial charge in [0.15, 0.2) is 0 Å². The second-order valence-electron chi connectivity index (χ2n) is 3.15. The summed E-state index contributed by atoms with van der Waals surface area (Å²) in [4.78, 5) is -0.590. The van der Waals surface area contributed by atoms with Crippen LogP contribution >= 0.6 is 0 Å². The number of nitriles is 1. The molecule has 10 heteroatoms. The Morgan fingerprint density at radius 1 is 1.28 bits per heavy atom. The van der Waals surface area contributed by atoms with Crippen molar-refractivity contribution >= 4 is 25.8 Å². The van der Waals surface area contributed by atoms with Gasteiger partial charge in [-0.3, -0.25) is 4.72 Å². The summed E-state index contributed by atoms with van der Waals surface area (Å²) in [5.74, 6) is 0. The van der Waals surface area contributed by atoms with Gasteiger partial charge in [-0.1, -0.05) is 0 Å². The van der Waals surface area contributed by atoms with Crippen LogP contribution in [-0.4, -0.2) is 27.6 Å². The topological polar surface area (TPSA) is 127 Å². The average Bonchev–Trinajstić information content (AvgIpc) is 2.14. The van der Waals surface area contributed by atoms with Crippen LogP contribution in [0, 0.1) is 11.3 Å². The van der Waals surface area contributed by atoms with Gasteiger partial charge < -0.3 is 4.55 Å². The Balaban J connectivity index is 0.00000289. The molecule has 0 radical (unpaired) electrons. The predicted molar refractivity (Wildman–Crippen MR) is 57.6 cm³/mol. The Kier molecular flexibility index (Phi) is 5.80. The van der Waals surface area contributed by atoms with E-state index in [4.69, 9.17) is 5.26 Å². The SMILES string of the molecule is CS(=O)(=O)Nc1ccc(S(=O)(=O)[O-])cc1C#N.[Na+]. The van der Waals surface area contributed by atoms with Crippen molar-refractivity contribution in [2.75, 3.05) is 11.0 Å². The van der Waals surface area contributed by atoms with Gasteiger partial charge in [-0.25, -0.2) is 16.8 Å². The number of anilines is 1. The summed E-state index contributed by atoms with van der Waals surface area (Å²) in [6, 6.07) is 4.39. The van der Waals surface area contributed by atoms with Crippen molar-refractivity contribution in [1.29, 1.82) is 5.26 Å². The summed E-state index contributed by atoms with van der Waals surface area (Å²) in [6.07, 6.45) is 0.881. The molecule has 1 aromatic rings. The molecule has 0 spiro atoms. The van der Waals surface area contributed by atoms with Gasteiger partial charge >= 0.3 is 29.6 Å². The summed E-state index contributed by atoms with van der Waals surface area (Å²) in [5.41, 5.74) is -0.324. The van der Waals surface area contributed by atoms with Gasteiger partial charge in [-0.05, 0) is 18.2 Å². The van der Waals surface area contributed by atoms with Crippen molar-refractivity contribution in [2.24, 2.45) is 0 Å². The zero-order valence-corrected chi connectivity index (χ0v) is 13.2. The van der Waals surface area contributed by atoms with Gasteiger partial charge in [0.1, 0.15) is 16.2 Å². The molecule has 0 bridgehead atoms. The summed E-state index contributed by atoms with van der Waals surface area (Å²) in [7, 11) is -8.26. The van der Waals surface area contributed by atoms with Crippen molar-refractivity contribution in [2.45, 2.75) is 4.90 Å². The fourth-order valence-corrected chi connectivity index (χ4v) is 2.13. The Morgan fingerprint density at radius 3 is 2.22 bits per heavy atom. The summed E-state index contributed by atoms with van der Waals surface area (Å²) in [5, 5.41) is 8.72. The van der Waals surface area contributed by atoms with Crippen molar-refractivity contribution in [3.8, 4) is 6.07 Å². The van der Waals surface area contributed by atoms with E-state index in [9.17, 15) is 21.4 Å². The van der Waals surface area contributed by atoms with Gasteiger partial charge in [-0.2, -0.15) is 5.26 Å². The molecular formula is C8H7N2NaO5S2. The fraction of sp³-hybridized carbons (Fsp3) is 0.125. The molecule has 0 unspecified atom stereocenters. The normalized spacial score (nSPS) is 11.2. The molecule has 92 valence electrons. The Bertz CT molecular complexity index is 691. The molecule has 1 rings (SSSR count). The number of hydrogen-bond acceptors (Lipinski definition) is 6. The standard InChI is InChI=1S/C8H8N2O5S2.Na/c1-16(11,12)10-8-3-2-7(17(13,14)15)4-6(8)5-9;/h2-4,10H,1H3,(H,13,14,15);/q;+1/p-1. The molecule has 0 heterocycles. The molecule has 18 heavy (non-hydrogen) atoms. The van der Waals surface area contributed by atoms with Crippen LogP contribution < -0.4 is 34.3 Å². The molecule has 1 N–H and O–H groups in total. The second kappa shape index (κ2) is 6.01. The van der Waals surface area contributed by atoms with Gasteiger partial charge in [0.2, 0.25) is 10.0 Å². The molecule has 0 atom stereocenters. The van der Waals surface area contributed by atoms with E-state index >= 15 is 0 Å². The summed E-state index contributed by atoms with van der Waals surface area (Å²) < 4.78 is 56.0. The first-order chi connectivity index (χ1) is 7.63. The number of nitrogens with one attached hydrogen (secondary N) is 1. The van der Waals surface area contributed by atoms with E-state index in [0.29, 0.717) is 0 Å². The second-order valence-corrected chi connectivity index (χ2v) is 6.28. The van der Waals surface area contributed by atoms with Gasteiger partial charge in [0.05, 0.1) is 22.4 Å². The van der Waals surface area contributed by atoms with Crippen molar-refractivity contribution < 1.29 is 50.9 Å². The first-order valence-corrected chi connectivity index (χ1v) is 7.41. The van der Waals surface area contributed by atoms with Crippen LogP contribution in [0.5, 0.6) is 0 Å². The van der Waals surface area contributed by atoms with Crippen LogP contribution in [0.15, 0.2) is 23.1 Å². The molecule has 1 aromatic carbocycles. The van der Waals surface area contributed by atoms with E-state index in [0.717, 1.165) is 24.5 Å². The monoisotopic (exact) mass is 298 g/mol.